The molecule has 0 fully saturated rings. The van der Waals surface area contributed by atoms with Gasteiger partial charge in [0.2, 0.25) is 35.4 Å². The van der Waals surface area contributed by atoms with Gasteiger partial charge in [0.05, 0.1) is 25.4 Å². The number of thioether (sulfide) groups is 1. The zero-order chi connectivity index (χ0) is 28.0. The van der Waals surface area contributed by atoms with Crippen LogP contribution in [0.2, 0.25) is 0 Å². The molecule has 16 heteroatoms. The fourth-order valence-corrected chi connectivity index (χ4v) is 3.28. The molecule has 6 amide bonds. The molecule has 36 heavy (non-hydrogen) atoms. The van der Waals surface area contributed by atoms with E-state index in [-0.39, 0.29) is 6.42 Å². The molecular weight excluding hydrogens is 498 g/mol. The third-order valence-electron chi connectivity index (χ3n) is 4.71. The minimum Gasteiger partial charge on any atom is -0.480 e. The van der Waals surface area contributed by atoms with Gasteiger partial charge in [-0.3, -0.25) is 28.8 Å². The smallest absolute Gasteiger partial charge is 0.326 e. The van der Waals surface area contributed by atoms with Gasteiger partial charge in [0.1, 0.15) is 18.1 Å². The summed E-state index contributed by atoms with van der Waals surface area (Å²) >= 11 is 1.38. The van der Waals surface area contributed by atoms with Crippen LogP contribution in [0.4, 0.5) is 0 Å². The highest BCUT2D eigenvalue weighted by atomic mass is 32.2. The maximum atomic E-state index is 12.6. The first-order chi connectivity index (χ1) is 16.7. The van der Waals surface area contributed by atoms with Crippen LogP contribution in [0.5, 0.6) is 0 Å². The molecule has 0 aliphatic rings. The van der Waals surface area contributed by atoms with Crippen LogP contribution in [0.1, 0.15) is 33.1 Å². The van der Waals surface area contributed by atoms with Crippen LogP contribution < -0.4 is 38.5 Å². The number of amides is 6. The first-order valence-corrected chi connectivity index (χ1v) is 12.3. The molecule has 0 unspecified atom stereocenters. The summed E-state index contributed by atoms with van der Waals surface area (Å²) in [6, 6.07) is -5.05. The van der Waals surface area contributed by atoms with Crippen molar-refractivity contribution in [1.29, 1.82) is 0 Å². The largest absolute Gasteiger partial charge is 0.480 e. The molecule has 0 bridgehead atoms. The number of carboxylic acids is 1. The molecule has 0 saturated heterocycles. The van der Waals surface area contributed by atoms with Gasteiger partial charge in [-0.05, 0) is 24.3 Å². The number of primary amides is 2. The van der Waals surface area contributed by atoms with E-state index in [1.807, 2.05) is 0 Å². The molecule has 4 atom stereocenters. The molecular formula is C20H35N7O8S. The Bertz CT molecular complexity index is 839. The lowest BCUT2D eigenvalue weighted by atomic mass is 10.0. The van der Waals surface area contributed by atoms with Crippen LogP contribution in [-0.2, 0) is 33.6 Å². The third kappa shape index (κ3) is 12.9. The molecule has 0 aliphatic heterocycles. The molecule has 11 N–H and O–H groups in total. The fourth-order valence-electron chi connectivity index (χ4n) is 2.81. The van der Waals surface area contributed by atoms with E-state index >= 15 is 0 Å². The maximum Gasteiger partial charge on any atom is 0.326 e. The van der Waals surface area contributed by atoms with Gasteiger partial charge in [0.25, 0.3) is 0 Å². The van der Waals surface area contributed by atoms with E-state index in [0.29, 0.717) is 5.75 Å². The number of rotatable bonds is 17. The molecule has 0 aromatic rings. The number of carboxylic acid groups (broad SMARTS) is 1. The summed E-state index contributed by atoms with van der Waals surface area (Å²) in [6.07, 6.45) is 0.853. The average molecular weight is 534 g/mol. The summed E-state index contributed by atoms with van der Waals surface area (Å²) in [7, 11) is 0. The monoisotopic (exact) mass is 533 g/mol. The predicted molar refractivity (Wildman–Crippen MR) is 130 cm³/mol. The van der Waals surface area contributed by atoms with E-state index in [0.717, 1.165) is 0 Å². The van der Waals surface area contributed by atoms with Crippen LogP contribution in [0.3, 0.4) is 0 Å². The Balaban J connectivity index is 5.14. The summed E-state index contributed by atoms with van der Waals surface area (Å²) in [4.78, 5) is 82.9. The van der Waals surface area contributed by atoms with Gasteiger partial charge in [0, 0.05) is 0 Å². The number of nitrogens with two attached hydrogens (primary N) is 3. The Morgan fingerprint density at radius 1 is 0.833 bits per heavy atom. The maximum absolute atomic E-state index is 12.6. The number of carbonyl (C=O) groups is 7. The van der Waals surface area contributed by atoms with Crippen molar-refractivity contribution in [1.82, 2.24) is 21.3 Å². The van der Waals surface area contributed by atoms with E-state index in [1.54, 1.807) is 20.1 Å². The molecule has 0 aromatic carbocycles. The molecule has 0 spiro atoms. The van der Waals surface area contributed by atoms with Gasteiger partial charge < -0.3 is 43.6 Å². The van der Waals surface area contributed by atoms with E-state index < -0.39 is 90.9 Å². The second-order valence-electron chi connectivity index (χ2n) is 8.20. The molecule has 0 aliphatic carbocycles. The highest BCUT2D eigenvalue weighted by Crippen LogP contribution is 2.04. The minimum absolute atomic E-state index is 0.137. The van der Waals surface area contributed by atoms with Crippen molar-refractivity contribution in [3.05, 3.63) is 0 Å². The van der Waals surface area contributed by atoms with E-state index in [2.05, 4.69) is 21.3 Å². The molecule has 0 saturated carbocycles. The van der Waals surface area contributed by atoms with Crippen molar-refractivity contribution in [2.24, 2.45) is 23.1 Å². The van der Waals surface area contributed by atoms with E-state index in [9.17, 15) is 38.7 Å². The van der Waals surface area contributed by atoms with Crippen LogP contribution in [-0.4, -0.2) is 89.2 Å². The number of carbonyl (C=O) groups excluding carboxylic acids is 6. The van der Waals surface area contributed by atoms with Crippen molar-refractivity contribution in [2.75, 3.05) is 18.6 Å². The first-order valence-electron chi connectivity index (χ1n) is 10.9. The van der Waals surface area contributed by atoms with Crippen molar-refractivity contribution in [3.63, 3.8) is 0 Å². The lowest BCUT2D eigenvalue weighted by Gasteiger charge is -2.24. The summed E-state index contributed by atoms with van der Waals surface area (Å²) in [5, 5.41) is 18.5. The summed E-state index contributed by atoms with van der Waals surface area (Å²) in [5.41, 5.74) is 15.6. The third-order valence-corrected chi connectivity index (χ3v) is 5.35. The van der Waals surface area contributed by atoms with E-state index in [4.69, 9.17) is 17.2 Å². The second-order valence-corrected chi connectivity index (χ2v) is 9.18. The van der Waals surface area contributed by atoms with Gasteiger partial charge in [-0.15, -0.1) is 0 Å². The fraction of sp³-hybridized carbons (Fsp3) is 0.650. The highest BCUT2D eigenvalue weighted by Gasteiger charge is 2.29. The quantitative estimate of drug-likeness (QED) is 0.0901. The number of hydrogen-bond acceptors (Lipinski definition) is 9. The Hall–Kier alpha value is -3.40. The molecule has 0 aromatic heterocycles. The zero-order valence-electron chi connectivity index (χ0n) is 20.4. The zero-order valence-corrected chi connectivity index (χ0v) is 21.2. The molecule has 0 heterocycles. The highest BCUT2D eigenvalue weighted by molar-refractivity contribution is 7.98. The number of nitrogens with one attached hydrogen (secondary N) is 4. The Kier molecular flexibility index (Phi) is 14.8. The lowest BCUT2D eigenvalue weighted by Crippen LogP contribution is -2.56. The average Bonchev–Trinajstić information content (AvgIpc) is 2.76. The van der Waals surface area contributed by atoms with Crippen LogP contribution in [0, 0.1) is 5.92 Å². The summed E-state index contributed by atoms with van der Waals surface area (Å²) in [6.45, 7) is 2.72. The molecule has 0 radical (unpaired) electrons. The van der Waals surface area contributed by atoms with Crippen LogP contribution >= 0.6 is 11.8 Å². The second kappa shape index (κ2) is 16.3. The number of aliphatic carboxylic acids is 1. The van der Waals surface area contributed by atoms with Gasteiger partial charge in [-0.25, -0.2) is 4.79 Å². The van der Waals surface area contributed by atoms with Crippen molar-refractivity contribution < 1.29 is 38.7 Å². The van der Waals surface area contributed by atoms with Gasteiger partial charge in [0.15, 0.2) is 0 Å². The molecule has 0 rings (SSSR count). The Morgan fingerprint density at radius 2 is 1.42 bits per heavy atom. The SMILES string of the molecule is CSCC[C@H](NC(=O)CNC(=O)[C@@H](NC(=O)[C@@H](N)CC(N)=O)C(C)C)C(=O)N[C@@H](CC(N)=O)C(=O)O. The van der Waals surface area contributed by atoms with Gasteiger partial charge in [-0.2, -0.15) is 11.8 Å². The lowest BCUT2D eigenvalue weighted by molar-refractivity contribution is -0.143. The molecule has 15 nitrogen and oxygen atoms in total. The van der Waals surface area contributed by atoms with Crippen LogP contribution in [0.15, 0.2) is 0 Å². The summed E-state index contributed by atoms with van der Waals surface area (Å²) in [5.74, 6) is -6.24. The van der Waals surface area contributed by atoms with Crippen LogP contribution in [0.25, 0.3) is 0 Å². The predicted octanol–water partition coefficient (Wildman–Crippen LogP) is -3.87. The van der Waals surface area contributed by atoms with Gasteiger partial charge >= 0.3 is 5.97 Å². The topological polar surface area (TPSA) is 266 Å². The first kappa shape index (κ1) is 32.6. The Labute approximate surface area is 212 Å². The standard InChI is InChI=1S/C20H35N7O8S/c1-9(2)16(27-17(31)10(21)6-13(22)28)19(33)24-8-15(30)25-11(4-5-36-3)18(32)26-12(20(34)35)7-14(23)29/h9-12,16H,4-8,21H2,1-3H3,(H2,22,28)(H2,23,29)(H,24,33)(H,25,30)(H,26,32)(H,27,31)(H,34,35)/t10-,11-,12-,16-/m0/s1. The van der Waals surface area contributed by atoms with Crippen molar-refractivity contribution in [2.45, 2.75) is 57.3 Å². The Morgan fingerprint density at radius 3 is 1.89 bits per heavy atom. The normalized spacial score (nSPS) is 14.0. The van der Waals surface area contributed by atoms with Crippen molar-refractivity contribution >= 4 is 53.2 Å². The summed E-state index contributed by atoms with van der Waals surface area (Å²) < 4.78 is 0. The number of hydrogen-bond donors (Lipinski definition) is 8. The molecule has 204 valence electrons. The van der Waals surface area contributed by atoms with Gasteiger partial charge in [-0.1, -0.05) is 13.8 Å². The van der Waals surface area contributed by atoms with Crippen molar-refractivity contribution in [3.8, 4) is 0 Å². The minimum atomic E-state index is -1.57. The van der Waals surface area contributed by atoms with E-state index in [1.165, 1.54) is 11.8 Å².